The molecule has 262 valence electrons. The minimum absolute atomic E-state index is 1.12. The van der Waals surface area contributed by atoms with Crippen LogP contribution in [-0.2, 0) is 0 Å². The van der Waals surface area contributed by atoms with E-state index in [1.807, 2.05) is 0 Å². The lowest BCUT2D eigenvalue weighted by molar-refractivity contribution is 0.395. The second-order valence-corrected chi connectivity index (χ2v) is 13.8. The first kappa shape index (κ1) is 43.7. The number of rotatable bonds is 35. The quantitative estimate of drug-likeness (QED) is 0.0501. The minimum Gasteiger partial charge on any atom is -0.309 e. The summed E-state index contributed by atoms with van der Waals surface area (Å²) in [5.41, 5.74) is 1.77. The van der Waals surface area contributed by atoms with E-state index in [-0.39, 0.29) is 0 Å². The Morgan fingerprint density at radius 2 is 0.733 bits per heavy atom. The van der Waals surface area contributed by atoms with Gasteiger partial charge in [0.15, 0.2) is 0 Å². The highest BCUT2D eigenvalue weighted by Gasteiger charge is 2.01. The van der Waals surface area contributed by atoms with Gasteiger partial charge < -0.3 is 4.90 Å². The van der Waals surface area contributed by atoms with E-state index >= 15 is 0 Å². The SMILES string of the molecule is CCCCCC=CCC=CCCCCCCCCC(=CCCCCN(C)C)CCCCCCCCC=CCC=CCCCCC. The first-order chi connectivity index (χ1) is 22.2. The van der Waals surface area contributed by atoms with Crippen LogP contribution in [0.25, 0.3) is 0 Å². The third-order valence-electron chi connectivity index (χ3n) is 8.89. The summed E-state index contributed by atoms with van der Waals surface area (Å²) >= 11 is 0. The number of allylic oxidation sites excluding steroid dienone is 10. The summed E-state index contributed by atoms with van der Waals surface area (Å²) < 4.78 is 0. The van der Waals surface area contributed by atoms with E-state index in [2.05, 4.69) is 87.5 Å². The lowest BCUT2D eigenvalue weighted by Gasteiger charge is -2.10. The molecule has 0 fully saturated rings. The summed E-state index contributed by atoms with van der Waals surface area (Å²) in [7, 11) is 4.39. The van der Waals surface area contributed by atoms with E-state index in [1.165, 1.54) is 180 Å². The van der Waals surface area contributed by atoms with Gasteiger partial charge in [0.1, 0.15) is 0 Å². The maximum atomic E-state index is 2.63. The molecule has 0 aromatic carbocycles. The number of hydrogen-bond donors (Lipinski definition) is 0. The second-order valence-electron chi connectivity index (χ2n) is 13.8. The van der Waals surface area contributed by atoms with Gasteiger partial charge in [0, 0.05) is 0 Å². The molecule has 1 heteroatoms. The lowest BCUT2D eigenvalue weighted by atomic mass is 9.98. The fraction of sp³-hybridized carbons (Fsp3) is 0.773. The Hall–Kier alpha value is -1.34. The molecule has 0 rings (SSSR count). The first-order valence-electron chi connectivity index (χ1n) is 20.1. The summed E-state index contributed by atoms with van der Waals surface area (Å²) in [4.78, 5) is 2.32. The van der Waals surface area contributed by atoms with Gasteiger partial charge in [0.25, 0.3) is 0 Å². The summed E-state index contributed by atoms with van der Waals surface area (Å²) in [6.45, 7) is 5.77. The number of hydrogen-bond acceptors (Lipinski definition) is 1. The molecule has 0 radical (unpaired) electrons. The molecule has 0 aromatic rings. The second kappa shape index (κ2) is 38.8. The summed E-state index contributed by atoms with van der Waals surface area (Å²) in [5.74, 6) is 0. The zero-order valence-corrected chi connectivity index (χ0v) is 31.4. The number of nitrogens with zero attached hydrogens (tertiary/aromatic N) is 1. The fourth-order valence-corrected chi connectivity index (χ4v) is 5.89. The zero-order chi connectivity index (χ0) is 32.7. The Kier molecular flexibility index (Phi) is 37.7. The van der Waals surface area contributed by atoms with Crippen LogP contribution in [-0.4, -0.2) is 25.5 Å². The van der Waals surface area contributed by atoms with Crippen LogP contribution in [0, 0.1) is 0 Å². The summed E-state index contributed by atoms with van der Waals surface area (Å²) in [6, 6.07) is 0. The molecule has 0 bridgehead atoms. The van der Waals surface area contributed by atoms with Crippen LogP contribution in [0.2, 0.25) is 0 Å². The van der Waals surface area contributed by atoms with Crippen molar-refractivity contribution in [1.82, 2.24) is 4.90 Å². The van der Waals surface area contributed by atoms with Crippen molar-refractivity contribution in [3.63, 3.8) is 0 Å². The largest absolute Gasteiger partial charge is 0.309 e. The van der Waals surface area contributed by atoms with Crippen LogP contribution in [0.1, 0.15) is 200 Å². The highest BCUT2D eigenvalue weighted by molar-refractivity contribution is 5.02. The average molecular weight is 624 g/mol. The van der Waals surface area contributed by atoms with Crippen molar-refractivity contribution in [3.8, 4) is 0 Å². The molecule has 0 spiro atoms. The van der Waals surface area contributed by atoms with Crippen molar-refractivity contribution < 1.29 is 0 Å². The van der Waals surface area contributed by atoms with Gasteiger partial charge in [0.05, 0.1) is 0 Å². The average Bonchev–Trinajstić information content (AvgIpc) is 3.03. The Morgan fingerprint density at radius 1 is 0.378 bits per heavy atom. The van der Waals surface area contributed by atoms with Gasteiger partial charge in [-0.2, -0.15) is 0 Å². The highest BCUT2D eigenvalue weighted by Crippen LogP contribution is 2.20. The molecule has 0 aromatic heterocycles. The van der Waals surface area contributed by atoms with E-state index in [4.69, 9.17) is 0 Å². The van der Waals surface area contributed by atoms with Crippen LogP contribution >= 0.6 is 0 Å². The zero-order valence-electron chi connectivity index (χ0n) is 31.4. The normalized spacial score (nSPS) is 12.3. The molecule has 1 nitrogen and oxygen atoms in total. The first-order valence-corrected chi connectivity index (χ1v) is 20.1. The maximum Gasteiger partial charge on any atom is -0.00247 e. The Morgan fingerprint density at radius 3 is 1.13 bits per heavy atom. The Bertz CT molecular complexity index is 656. The van der Waals surface area contributed by atoms with Crippen LogP contribution < -0.4 is 0 Å². The van der Waals surface area contributed by atoms with Gasteiger partial charge in [-0.25, -0.2) is 0 Å². The van der Waals surface area contributed by atoms with Crippen molar-refractivity contribution in [2.45, 2.75) is 200 Å². The van der Waals surface area contributed by atoms with E-state index in [0.717, 1.165) is 12.8 Å². The standard InChI is InChI=1S/C44H81N/c1-5-7-9-11-13-15-17-19-21-23-25-27-29-31-33-36-40-44(42-38-35-39-43-45(3)4)41-37-34-32-30-28-26-24-22-20-18-16-14-12-10-8-6-2/h13-16,19-22,42H,5-12,17-18,23-41,43H2,1-4H3. The molecule has 45 heavy (non-hydrogen) atoms. The topological polar surface area (TPSA) is 3.24 Å². The van der Waals surface area contributed by atoms with E-state index < -0.39 is 0 Å². The third kappa shape index (κ3) is 38.8. The van der Waals surface area contributed by atoms with Crippen LogP contribution in [0.5, 0.6) is 0 Å². The van der Waals surface area contributed by atoms with Crippen molar-refractivity contribution in [3.05, 3.63) is 60.3 Å². The van der Waals surface area contributed by atoms with Crippen LogP contribution in [0.3, 0.4) is 0 Å². The molecule has 0 aliphatic carbocycles. The lowest BCUT2D eigenvalue weighted by Crippen LogP contribution is -2.12. The van der Waals surface area contributed by atoms with Crippen LogP contribution in [0.4, 0.5) is 0 Å². The minimum atomic E-state index is 1.12. The molecule has 0 saturated heterocycles. The van der Waals surface area contributed by atoms with E-state index in [0.29, 0.717) is 0 Å². The van der Waals surface area contributed by atoms with Gasteiger partial charge in [-0.1, -0.05) is 151 Å². The van der Waals surface area contributed by atoms with Gasteiger partial charge in [-0.3, -0.25) is 0 Å². The molecule has 0 saturated carbocycles. The van der Waals surface area contributed by atoms with Gasteiger partial charge in [-0.15, -0.1) is 0 Å². The smallest absolute Gasteiger partial charge is 0.00247 e. The Labute approximate surface area is 285 Å². The predicted octanol–water partition coefficient (Wildman–Crippen LogP) is 15.1. The third-order valence-corrected chi connectivity index (χ3v) is 8.89. The Balaban J connectivity index is 3.94. The van der Waals surface area contributed by atoms with Crippen molar-refractivity contribution >= 4 is 0 Å². The maximum absolute atomic E-state index is 2.63. The molecule has 0 aliphatic heterocycles. The number of unbranched alkanes of at least 4 members (excludes halogenated alkanes) is 20. The van der Waals surface area contributed by atoms with Crippen molar-refractivity contribution in [1.29, 1.82) is 0 Å². The molecule has 0 aliphatic rings. The van der Waals surface area contributed by atoms with E-state index in [1.54, 1.807) is 5.57 Å². The van der Waals surface area contributed by atoms with Gasteiger partial charge >= 0.3 is 0 Å². The van der Waals surface area contributed by atoms with Crippen molar-refractivity contribution in [2.24, 2.45) is 0 Å². The predicted molar refractivity (Wildman–Crippen MR) is 208 cm³/mol. The highest BCUT2D eigenvalue weighted by atomic mass is 15.0. The molecule has 0 N–H and O–H groups in total. The molecule has 0 unspecified atom stereocenters. The molecule has 0 amide bonds. The molecular formula is C44H81N. The molecule has 0 atom stereocenters. The fourth-order valence-electron chi connectivity index (χ4n) is 5.89. The van der Waals surface area contributed by atoms with Gasteiger partial charge in [-0.05, 0) is 130 Å². The van der Waals surface area contributed by atoms with Gasteiger partial charge in [0.2, 0.25) is 0 Å². The molecule has 0 heterocycles. The van der Waals surface area contributed by atoms with Crippen LogP contribution in [0.15, 0.2) is 60.3 Å². The summed E-state index contributed by atoms with van der Waals surface area (Å²) in [6.07, 6.45) is 60.4. The van der Waals surface area contributed by atoms with E-state index in [9.17, 15) is 0 Å². The van der Waals surface area contributed by atoms with Crippen molar-refractivity contribution in [2.75, 3.05) is 20.6 Å². The summed E-state index contributed by atoms with van der Waals surface area (Å²) in [5, 5.41) is 0. The monoisotopic (exact) mass is 624 g/mol. The molecular weight excluding hydrogens is 542 g/mol.